The van der Waals surface area contributed by atoms with Crippen molar-refractivity contribution in [2.75, 3.05) is 13.1 Å². The number of likely N-dealkylation sites (N-methyl/N-ethyl adjacent to an activating group) is 1. The molecule has 6 nitrogen and oxygen atoms in total. The predicted octanol–water partition coefficient (Wildman–Crippen LogP) is 2.54. The van der Waals surface area contributed by atoms with Crippen LogP contribution in [0.4, 0.5) is 14.5 Å². The standard InChI is InChI=1S/C12H12F2N4O2S/c1-2-15-6-5-9-16-17-12(21-9)10-7(13)3-4-8(11(10)14)18(19)20/h3-4,15H,2,5-6H2,1H3. The summed E-state index contributed by atoms with van der Waals surface area (Å²) in [5.74, 6) is -2.12. The van der Waals surface area contributed by atoms with Gasteiger partial charge in [-0.3, -0.25) is 10.1 Å². The zero-order valence-corrected chi connectivity index (χ0v) is 11.9. The van der Waals surface area contributed by atoms with E-state index in [1.54, 1.807) is 0 Å². The monoisotopic (exact) mass is 314 g/mol. The van der Waals surface area contributed by atoms with Crippen molar-refractivity contribution >= 4 is 17.0 Å². The molecule has 0 aliphatic rings. The first-order valence-electron chi connectivity index (χ1n) is 6.20. The van der Waals surface area contributed by atoms with Crippen molar-refractivity contribution in [1.82, 2.24) is 15.5 Å². The molecule has 2 rings (SSSR count). The lowest BCUT2D eigenvalue weighted by Gasteiger charge is -2.01. The normalized spacial score (nSPS) is 10.8. The molecule has 1 aromatic heterocycles. The van der Waals surface area contributed by atoms with Gasteiger partial charge >= 0.3 is 5.69 Å². The minimum absolute atomic E-state index is 0.000184. The molecule has 1 aromatic carbocycles. The minimum Gasteiger partial charge on any atom is -0.317 e. The van der Waals surface area contributed by atoms with E-state index in [-0.39, 0.29) is 5.01 Å². The quantitative estimate of drug-likeness (QED) is 0.503. The maximum Gasteiger partial charge on any atom is 0.305 e. The predicted molar refractivity (Wildman–Crippen MR) is 74.2 cm³/mol. The second kappa shape index (κ2) is 6.64. The smallest absolute Gasteiger partial charge is 0.305 e. The molecule has 21 heavy (non-hydrogen) atoms. The summed E-state index contributed by atoms with van der Waals surface area (Å²) in [6.07, 6.45) is 0.573. The number of nitro groups is 1. The van der Waals surface area contributed by atoms with Gasteiger partial charge in [0.15, 0.2) is 5.01 Å². The molecule has 1 N–H and O–H groups in total. The van der Waals surface area contributed by atoms with Crippen molar-refractivity contribution < 1.29 is 13.7 Å². The van der Waals surface area contributed by atoms with Crippen LogP contribution in [0.3, 0.4) is 0 Å². The summed E-state index contributed by atoms with van der Waals surface area (Å²) in [6, 6.07) is 1.65. The van der Waals surface area contributed by atoms with Crippen molar-refractivity contribution in [1.29, 1.82) is 0 Å². The van der Waals surface area contributed by atoms with E-state index in [2.05, 4.69) is 15.5 Å². The third kappa shape index (κ3) is 3.37. The largest absolute Gasteiger partial charge is 0.317 e. The Bertz CT molecular complexity index is 663. The Morgan fingerprint density at radius 2 is 2.14 bits per heavy atom. The summed E-state index contributed by atoms with van der Waals surface area (Å²) < 4.78 is 27.8. The van der Waals surface area contributed by atoms with Gasteiger partial charge in [-0.15, -0.1) is 10.2 Å². The number of benzene rings is 1. The Hall–Kier alpha value is -2.00. The lowest BCUT2D eigenvalue weighted by molar-refractivity contribution is -0.387. The number of nitrogens with one attached hydrogen (secondary N) is 1. The molecule has 0 radical (unpaired) electrons. The van der Waals surface area contributed by atoms with E-state index in [0.717, 1.165) is 30.0 Å². The highest BCUT2D eigenvalue weighted by Crippen LogP contribution is 2.33. The zero-order chi connectivity index (χ0) is 15.4. The van der Waals surface area contributed by atoms with Gasteiger partial charge in [0.25, 0.3) is 0 Å². The molecule has 0 fully saturated rings. The summed E-state index contributed by atoms with van der Waals surface area (Å²) >= 11 is 1.02. The van der Waals surface area contributed by atoms with Gasteiger partial charge in [-0.1, -0.05) is 18.3 Å². The molecule has 0 atom stereocenters. The number of rotatable bonds is 6. The van der Waals surface area contributed by atoms with Gasteiger partial charge in [0, 0.05) is 19.0 Å². The van der Waals surface area contributed by atoms with Crippen LogP contribution in [-0.4, -0.2) is 28.2 Å². The molecule has 112 valence electrons. The van der Waals surface area contributed by atoms with Crippen LogP contribution >= 0.6 is 11.3 Å². The first kappa shape index (κ1) is 15.4. The number of nitro benzene ring substituents is 1. The van der Waals surface area contributed by atoms with Crippen LogP contribution in [0, 0.1) is 21.7 Å². The van der Waals surface area contributed by atoms with Gasteiger partial charge in [-0.05, 0) is 12.6 Å². The number of aromatic nitrogens is 2. The van der Waals surface area contributed by atoms with Gasteiger partial charge in [-0.25, -0.2) is 4.39 Å². The van der Waals surface area contributed by atoms with E-state index >= 15 is 0 Å². The molecule has 0 aliphatic carbocycles. The Morgan fingerprint density at radius 3 is 2.81 bits per heavy atom. The molecule has 0 unspecified atom stereocenters. The van der Waals surface area contributed by atoms with Gasteiger partial charge in [0.1, 0.15) is 10.8 Å². The molecule has 0 saturated heterocycles. The maximum absolute atomic E-state index is 14.0. The zero-order valence-electron chi connectivity index (χ0n) is 11.1. The summed E-state index contributed by atoms with van der Waals surface area (Å²) in [5.41, 5.74) is -1.28. The highest BCUT2D eigenvalue weighted by Gasteiger charge is 2.24. The number of hydrogen-bond donors (Lipinski definition) is 1. The molecule has 0 saturated carbocycles. The molecular formula is C12H12F2N4O2S. The fourth-order valence-electron chi connectivity index (χ4n) is 1.71. The third-order valence-electron chi connectivity index (χ3n) is 2.71. The summed E-state index contributed by atoms with van der Waals surface area (Å²) in [5, 5.41) is 22.0. The van der Waals surface area contributed by atoms with Gasteiger partial charge in [0.2, 0.25) is 5.82 Å². The Labute approximate surface area is 123 Å². The fraction of sp³-hybridized carbons (Fsp3) is 0.333. The first-order valence-corrected chi connectivity index (χ1v) is 7.02. The van der Waals surface area contributed by atoms with Crippen LogP contribution < -0.4 is 5.32 Å². The Balaban J connectivity index is 2.33. The SMILES string of the molecule is CCNCCc1nnc(-c2c(F)ccc([N+](=O)[O-])c2F)s1. The highest BCUT2D eigenvalue weighted by atomic mass is 32.1. The first-order chi connectivity index (χ1) is 10.0. The van der Waals surface area contributed by atoms with Crippen molar-refractivity contribution in [2.24, 2.45) is 0 Å². The molecule has 0 bridgehead atoms. The Kier molecular flexibility index (Phi) is 4.86. The van der Waals surface area contributed by atoms with E-state index in [4.69, 9.17) is 0 Å². The second-order valence-corrected chi connectivity index (χ2v) is 5.18. The molecule has 0 spiro atoms. The molecule has 0 amide bonds. The summed E-state index contributed by atoms with van der Waals surface area (Å²) in [6.45, 7) is 3.43. The molecule has 0 aliphatic heterocycles. The molecular weight excluding hydrogens is 302 g/mol. The van der Waals surface area contributed by atoms with Crippen molar-refractivity contribution in [3.05, 3.63) is 38.9 Å². The van der Waals surface area contributed by atoms with Crippen LogP contribution in [0.2, 0.25) is 0 Å². The van der Waals surface area contributed by atoms with Crippen molar-refractivity contribution in [3.63, 3.8) is 0 Å². The topological polar surface area (TPSA) is 81.0 Å². The van der Waals surface area contributed by atoms with Gasteiger partial charge in [0.05, 0.1) is 10.5 Å². The van der Waals surface area contributed by atoms with Crippen LogP contribution in [0.5, 0.6) is 0 Å². The van der Waals surface area contributed by atoms with Crippen molar-refractivity contribution in [2.45, 2.75) is 13.3 Å². The van der Waals surface area contributed by atoms with Crippen LogP contribution in [0.1, 0.15) is 11.9 Å². The fourth-order valence-corrected chi connectivity index (χ4v) is 2.59. The summed E-state index contributed by atoms with van der Waals surface area (Å²) in [7, 11) is 0. The second-order valence-electron chi connectivity index (χ2n) is 4.12. The highest BCUT2D eigenvalue weighted by molar-refractivity contribution is 7.14. The van der Waals surface area contributed by atoms with E-state index in [1.807, 2.05) is 6.92 Å². The number of hydrogen-bond acceptors (Lipinski definition) is 6. The molecule has 1 heterocycles. The van der Waals surface area contributed by atoms with Crippen LogP contribution in [0.25, 0.3) is 10.6 Å². The lowest BCUT2D eigenvalue weighted by atomic mass is 10.2. The average Bonchev–Trinajstić information content (AvgIpc) is 2.87. The number of nitrogens with zero attached hydrogens (tertiary/aromatic N) is 3. The van der Waals surface area contributed by atoms with Gasteiger partial charge < -0.3 is 5.32 Å². The van der Waals surface area contributed by atoms with E-state index < -0.39 is 27.8 Å². The lowest BCUT2D eigenvalue weighted by Crippen LogP contribution is -2.15. The van der Waals surface area contributed by atoms with Crippen LogP contribution in [0.15, 0.2) is 12.1 Å². The number of halogens is 2. The molecule has 2 aromatic rings. The maximum atomic E-state index is 14.0. The Morgan fingerprint density at radius 1 is 1.38 bits per heavy atom. The average molecular weight is 314 g/mol. The van der Waals surface area contributed by atoms with Crippen LogP contribution in [-0.2, 0) is 6.42 Å². The summed E-state index contributed by atoms with van der Waals surface area (Å²) in [4.78, 5) is 9.80. The van der Waals surface area contributed by atoms with Crippen molar-refractivity contribution in [3.8, 4) is 10.6 Å². The van der Waals surface area contributed by atoms with E-state index in [9.17, 15) is 18.9 Å². The van der Waals surface area contributed by atoms with Gasteiger partial charge in [-0.2, -0.15) is 4.39 Å². The minimum atomic E-state index is -1.23. The van der Waals surface area contributed by atoms with E-state index in [1.165, 1.54) is 0 Å². The van der Waals surface area contributed by atoms with E-state index in [0.29, 0.717) is 18.0 Å². The third-order valence-corrected chi connectivity index (χ3v) is 3.71. The molecule has 9 heteroatoms.